The fraction of sp³-hybridized carbons (Fsp3) is 0.250. The number of anilines is 2. The molecule has 28 heavy (non-hydrogen) atoms. The first-order chi connectivity index (χ1) is 13.2. The van der Waals surface area contributed by atoms with E-state index in [2.05, 4.69) is 10.6 Å². The molecule has 2 rings (SSSR count). The van der Waals surface area contributed by atoms with E-state index in [1.54, 1.807) is 36.4 Å². The minimum Gasteiger partial charge on any atom is -0.456 e. The molecule has 0 atom stereocenters. The van der Waals surface area contributed by atoms with E-state index in [4.69, 9.17) is 27.9 Å². The van der Waals surface area contributed by atoms with Gasteiger partial charge >= 0.3 is 5.97 Å². The lowest BCUT2D eigenvalue weighted by molar-refractivity contribution is -0.147. The van der Waals surface area contributed by atoms with Crippen LogP contribution in [0.2, 0.25) is 10.0 Å². The number of hydrogen-bond acceptors (Lipinski definition) is 4. The largest absolute Gasteiger partial charge is 0.456 e. The first kappa shape index (κ1) is 21.7. The fourth-order valence-corrected chi connectivity index (χ4v) is 2.60. The molecule has 2 aromatic rings. The summed E-state index contributed by atoms with van der Waals surface area (Å²) < 4.78 is 4.90. The Labute approximate surface area is 173 Å². The number of hydrogen-bond donors (Lipinski definition) is 2. The lowest BCUT2D eigenvalue weighted by atomic mass is 10.2. The van der Waals surface area contributed by atoms with E-state index < -0.39 is 18.5 Å². The summed E-state index contributed by atoms with van der Waals surface area (Å²) in [5.41, 5.74) is 2.82. The third-order valence-corrected chi connectivity index (χ3v) is 4.49. The zero-order valence-corrected chi connectivity index (χ0v) is 17.0. The van der Waals surface area contributed by atoms with Crippen molar-refractivity contribution in [2.75, 3.05) is 17.2 Å². The molecule has 0 radical (unpaired) electrons. The van der Waals surface area contributed by atoms with Gasteiger partial charge in [0.25, 0.3) is 5.91 Å². The number of rotatable bonds is 7. The van der Waals surface area contributed by atoms with Crippen LogP contribution in [0, 0.1) is 13.8 Å². The number of ether oxygens (including phenoxy) is 1. The Hall–Kier alpha value is -2.57. The molecule has 0 spiro atoms. The minimum absolute atomic E-state index is 0.0701. The van der Waals surface area contributed by atoms with Crippen molar-refractivity contribution in [3.63, 3.8) is 0 Å². The van der Waals surface area contributed by atoms with Crippen molar-refractivity contribution in [3.05, 3.63) is 57.6 Å². The van der Waals surface area contributed by atoms with E-state index >= 15 is 0 Å². The number of esters is 1. The standard InChI is InChI=1S/C20H20Cl2N2O4/c1-12-4-6-15(10-16(12)22)23-18(25)7-8-20(27)28-11-19(26)24-17-9-14(21)5-3-13(17)2/h3-6,9-10H,7-8,11H2,1-2H3,(H,23,25)(H,24,26). The van der Waals surface area contributed by atoms with E-state index in [-0.39, 0.29) is 18.7 Å². The smallest absolute Gasteiger partial charge is 0.306 e. The molecular weight excluding hydrogens is 403 g/mol. The molecule has 2 aromatic carbocycles. The SMILES string of the molecule is Cc1ccc(NC(=O)CCC(=O)OCC(=O)Nc2cc(Cl)ccc2C)cc1Cl. The molecule has 0 aromatic heterocycles. The molecule has 0 saturated heterocycles. The van der Waals surface area contributed by atoms with E-state index in [0.29, 0.717) is 21.4 Å². The normalized spacial score (nSPS) is 10.3. The first-order valence-corrected chi connectivity index (χ1v) is 9.28. The molecule has 0 saturated carbocycles. The third kappa shape index (κ3) is 6.87. The number of amides is 2. The van der Waals surface area contributed by atoms with Crippen LogP contribution in [0.3, 0.4) is 0 Å². The number of aryl methyl sites for hydroxylation is 2. The second-order valence-electron chi connectivity index (χ2n) is 6.18. The van der Waals surface area contributed by atoms with Gasteiger partial charge in [0.15, 0.2) is 6.61 Å². The molecule has 6 nitrogen and oxygen atoms in total. The molecule has 0 fully saturated rings. The van der Waals surface area contributed by atoms with Crippen LogP contribution < -0.4 is 10.6 Å². The van der Waals surface area contributed by atoms with Crippen molar-refractivity contribution in [3.8, 4) is 0 Å². The number of carbonyl (C=O) groups is 3. The van der Waals surface area contributed by atoms with Gasteiger partial charge < -0.3 is 15.4 Å². The molecule has 2 amide bonds. The predicted molar refractivity (Wildman–Crippen MR) is 110 cm³/mol. The second kappa shape index (κ2) is 10.1. The lowest BCUT2D eigenvalue weighted by Crippen LogP contribution is -2.22. The van der Waals surface area contributed by atoms with Gasteiger partial charge in [-0.2, -0.15) is 0 Å². The van der Waals surface area contributed by atoms with Gasteiger partial charge in [-0.1, -0.05) is 35.3 Å². The molecule has 2 N–H and O–H groups in total. The van der Waals surface area contributed by atoms with E-state index in [1.807, 2.05) is 13.8 Å². The van der Waals surface area contributed by atoms with Gasteiger partial charge in [-0.3, -0.25) is 14.4 Å². The molecule has 0 aliphatic rings. The lowest BCUT2D eigenvalue weighted by Gasteiger charge is -2.09. The highest BCUT2D eigenvalue weighted by atomic mass is 35.5. The van der Waals surface area contributed by atoms with E-state index in [9.17, 15) is 14.4 Å². The van der Waals surface area contributed by atoms with Crippen LogP contribution in [0.1, 0.15) is 24.0 Å². The van der Waals surface area contributed by atoms with Crippen molar-refractivity contribution >= 4 is 52.4 Å². The predicted octanol–water partition coefficient (Wildman–Crippen LogP) is 4.51. The zero-order valence-electron chi connectivity index (χ0n) is 15.5. The maximum absolute atomic E-state index is 11.9. The maximum Gasteiger partial charge on any atom is 0.306 e. The number of benzene rings is 2. The quantitative estimate of drug-likeness (QED) is 0.642. The summed E-state index contributed by atoms with van der Waals surface area (Å²) in [6, 6.07) is 10.2. The van der Waals surface area contributed by atoms with Crippen LogP contribution in [-0.2, 0) is 19.1 Å². The Kier molecular flexibility index (Phi) is 7.84. The Morgan fingerprint density at radius 2 is 1.61 bits per heavy atom. The average Bonchev–Trinajstić information content (AvgIpc) is 2.64. The van der Waals surface area contributed by atoms with Crippen LogP contribution in [0.5, 0.6) is 0 Å². The van der Waals surface area contributed by atoms with Crippen molar-refractivity contribution < 1.29 is 19.1 Å². The van der Waals surface area contributed by atoms with Crippen LogP contribution in [0.15, 0.2) is 36.4 Å². The summed E-state index contributed by atoms with van der Waals surface area (Å²) >= 11 is 11.9. The van der Waals surface area contributed by atoms with E-state index in [1.165, 1.54) is 0 Å². The van der Waals surface area contributed by atoms with Gasteiger partial charge in [-0.15, -0.1) is 0 Å². The average molecular weight is 423 g/mol. The van der Waals surface area contributed by atoms with Crippen LogP contribution >= 0.6 is 23.2 Å². The summed E-state index contributed by atoms with van der Waals surface area (Å²) in [7, 11) is 0. The molecular formula is C20H20Cl2N2O4. The zero-order chi connectivity index (χ0) is 20.7. The van der Waals surface area contributed by atoms with Gasteiger partial charge in [-0.25, -0.2) is 0 Å². The van der Waals surface area contributed by atoms with Crippen molar-refractivity contribution in [1.29, 1.82) is 0 Å². The summed E-state index contributed by atoms with van der Waals surface area (Å²) in [6.45, 7) is 3.23. The van der Waals surface area contributed by atoms with Gasteiger partial charge in [0, 0.05) is 27.8 Å². The molecule has 0 heterocycles. The monoisotopic (exact) mass is 422 g/mol. The number of carbonyl (C=O) groups excluding carboxylic acids is 3. The second-order valence-corrected chi connectivity index (χ2v) is 7.02. The molecule has 0 aliphatic heterocycles. The van der Waals surface area contributed by atoms with Crippen LogP contribution in [0.25, 0.3) is 0 Å². The third-order valence-electron chi connectivity index (χ3n) is 3.85. The molecule has 148 valence electrons. The first-order valence-electron chi connectivity index (χ1n) is 8.52. The topological polar surface area (TPSA) is 84.5 Å². The molecule has 0 aliphatic carbocycles. The van der Waals surface area contributed by atoms with Crippen LogP contribution in [-0.4, -0.2) is 24.4 Å². The highest BCUT2D eigenvalue weighted by Gasteiger charge is 2.12. The number of halogens is 2. The number of nitrogens with one attached hydrogen (secondary N) is 2. The summed E-state index contributed by atoms with van der Waals surface area (Å²) in [6.07, 6.45) is -0.214. The Balaban J connectivity index is 1.73. The van der Waals surface area contributed by atoms with Crippen molar-refractivity contribution in [2.24, 2.45) is 0 Å². The molecule has 0 unspecified atom stereocenters. The Bertz CT molecular complexity index is 900. The summed E-state index contributed by atoms with van der Waals surface area (Å²) in [5.74, 6) is -1.48. The fourth-order valence-electron chi connectivity index (χ4n) is 2.24. The van der Waals surface area contributed by atoms with Crippen LogP contribution in [0.4, 0.5) is 11.4 Å². The highest BCUT2D eigenvalue weighted by Crippen LogP contribution is 2.21. The Morgan fingerprint density at radius 1 is 0.893 bits per heavy atom. The van der Waals surface area contributed by atoms with Crippen molar-refractivity contribution in [2.45, 2.75) is 26.7 Å². The highest BCUT2D eigenvalue weighted by molar-refractivity contribution is 6.31. The van der Waals surface area contributed by atoms with Crippen molar-refractivity contribution in [1.82, 2.24) is 0 Å². The maximum atomic E-state index is 11.9. The van der Waals surface area contributed by atoms with Gasteiger partial charge in [0.1, 0.15) is 0 Å². The Morgan fingerprint density at radius 3 is 2.32 bits per heavy atom. The molecule has 8 heteroatoms. The van der Waals surface area contributed by atoms with Gasteiger partial charge in [-0.05, 0) is 49.2 Å². The summed E-state index contributed by atoms with van der Waals surface area (Å²) in [5, 5.41) is 6.30. The summed E-state index contributed by atoms with van der Waals surface area (Å²) in [4.78, 5) is 35.6. The van der Waals surface area contributed by atoms with Gasteiger partial charge in [0.05, 0.1) is 6.42 Å². The van der Waals surface area contributed by atoms with Gasteiger partial charge in [0.2, 0.25) is 5.91 Å². The molecule has 0 bridgehead atoms. The van der Waals surface area contributed by atoms with E-state index in [0.717, 1.165) is 11.1 Å². The minimum atomic E-state index is -0.643.